The smallest absolute Gasteiger partial charge is 0.309 e. The Morgan fingerprint density at radius 1 is 1.33 bits per heavy atom. The second-order valence-electron chi connectivity index (χ2n) is 7.45. The van der Waals surface area contributed by atoms with Gasteiger partial charge in [0.05, 0.1) is 24.8 Å². The van der Waals surface area contributed by atoms with Crippen LogP contribution in [0.1, 0.15) is 49.0 Å². The van der Waals surface area contributed by atoms with E-state index in [-0.39, 0.29) is 23.5 Å². The summed E-state index contributed by atoms with van der Waals surface area (Å²) in [5.74, 6) is -0.0352. The minimum Gasteiger partial charge on any atom is -0.469 e. The van der Waals surface area contributed by atoms with Crippen molar-refractivity contribution < 1.29 is 23.0 Å². The summed E-state index contributed by atoms with van der Waals surface area (Å²) in [7, 11) is 1.27. The SMILES string of the molecule is COC(=O)[C@@H]1C[C@H](OCC(F)F)CC1c1nc(Cl)nc(Nc2cc(C3CC3)n[nH]2)n1. The van der Waals surface area contributed by atoms with Crippen molar-refractivity contribution in [1.82, 2.24) is 25.1 Å². The first kappa shape index (κ1) is 20.9. The molecule has 2 saturated carbocycles. The summed E-state index contributed by atoms with van der Waals surface area (Å²) < 4.78 is 35.1. The maximum absolute atomic E-state index is 12.5. The molecule has 2 heterocycles. The number of H-pyrrole nitrogens is 1. The van der Waals surface area contributed by atoms with Crippen LogP contribution < -0.4 is 5.32 Å². The molecular formula is C18H21ClF2N6O3. The zero-order chi connectivity index (χ0) is 21.3. The van der Waals surface area contributed by atoms with Gasteiger partial charge in [0.25, 0.3) is 6.43 Å². The number of nitrogens with zero attached hydrogens (tertiary/aromatic N) is 4. The first-order valence-corrected chi connectivity index (χ1v) is 10.0. The van der Waals surface area contributed by atoms with Gasteiger partial charge in [0, 0.05) is 17.9 Å². The molecule has 4 rings (SSSR count). The van der Waals surface area contributed by atoms with Crippen LogP contribution in [0.3, 0.4) is 0 Å². The molecule has 2 aliphatic rings. The molecule has 0 aliphatic heterocycles. The highest BCUT2D eigenvalue weighted by atomic mass is 35.5. The van der Waals surface area contributed by atoms with E-state index in [1.807, 2.05) is 6.07 Å². The van der Waals surface area contributed by atoms with E-state index < -0.39 is 36.9 Å². The molecule has 1 unspecified atom stereocenters. The zero-order valence-corrected chi connectivity index (χ0v) is 16.9. The third kappa shape index (κ3) is 4.84. The Kier molecular flexibility index (Phi) is 6.09. The summed E-state index contributed by atoms with van der Waals surface area (Å²) in [4.78, 5) is 24.9. The third-order valence-corrected chi connectivity index (χ3v) is 5.45. The predicted octanol–water partition coefficient (Wildman–Crippen LogP) is 3.19. The molecule has 12 heteroatoms. The summed E-state index contributed by atoms with van der Waals surface area (Å²) >= 11 is 6.09. The molecule has 2 aliphatic carbocycles. The van der Waals surface area contributed by atoms with Gasteiger partial charge in [-0.15, -0.1) is 0 Å². The molecule has 2 N–H and O–H groups in total. The van der Waals surface area contributed by atoms with Gasteiger partial charge in [-0.2, -0.15) is 15.1 Å². The van der Waals surface area contributed by atoms with Crippen LogP contribution in [0.2, 0.25) is 5.28 Å². The van der Waals surface area contributed by atoms with Crippen LogP contribution in [0.4, 0.5) is 20.5 Å². The number of alkyl halides is 2. The quantitative estimate of drug-likeness (QED) is 0.599. The van der Waals surface area contributed by atoms with Crippen LogP contribution in [0.25, 0.3) is 0 Å². The molecular weight excluding hydrogens is 422 g/mol. The maximum Gasteiger partial charge on any atom is 0.309 e. The first-order valence-electron chi connectivity index (χ1n) is 9.64. The van der Waals surface area contributed by atoms with Crippen LogP contribution in [0, 0.1) is 5.92 Å². The molecule has 2 aromatic heterocycles. The van der Waals surface area contributed by atoms with E-state index in [4.69, 9.17) is 21.1 Å². The minimum atomic E-state index is -2.59. The number of aromatic amines is 1. The fourth-order valence-corrected chi connectivity index (χ4v) is 3.90. The Balaban J connectivity index is 1.53. The van der Waals surface area contributed by atoms with Crippen molar-refractivity contribution in [3.05, 3.63) is 22.9 Å². The van der Waals surface area contributed by atoms with E-state index in [1.165, 1.54) is 7.11 Å². The lowest BCUT2D eigenvalue weighted by molar-refractivity contribution is -0.146. The molecule has 0 radical (unpaired) electrons. The molecule has 0 bridgehead atoms. The third-order valence-electron chi connectivity index (χ3n) is 5.28. The van der Waals surface area contributed by atoms with E-state index in [9.17, 15) is 13.6 Å². The van der Waals surface area contributed by atoms with Crippen LogP contribution in [0.5, 0.6) is 0 Å². The number of halogens is 3. The average molecular weight is 443 g/mol. The Morgan fingerprint density at radius 2 is 2.13 bits per heavy atom. The van der Waals surface area contributed by atoms with E-state index in [2.05, 4.69) is 30.5 Å². The lowest BCUT2D eigenvalue weighted by Crippen LogP contribution is -2.21. The average Bonchev–Trinajstić information content (AvgIpc) is 3.30. The number of carbonyl (C=O) groups excluding carboxylic acids is 1. The second-order valence-corrected chi connectivity index (χ2v) is 7.78. The van der Waals surface area contributed by atoms with Crippen LogP contribution in [0.15, 0.2) is 6.07 Å². The van der Waals surface area contributed by atoms with E-state index in [0.717, 1.165) is 18.5 Å². The fourth-order valence-electron chi connectivity index (χ4n) is 3.73. The lowest BCUT2D eigenvalue weighted by Gasteiger charge is -2.16. The maximum atomic E-state index is 12.5. The standard InChI is InChI=1S/C18H21ClF2N6O3/c1-29-16(28)11-5-9(30-7-13(20)21)4-10(11)15-23-17(19)25-18(24-15)22-14-6-12(26-27-14)8-2-3-8/h6,8-11,13H,2-5,7H2,1H3,(H2,22,23,24,25,26,27)/t9-,10?,11-/m1/s1. The number of nitrogens with one attached hydrogen (secondary N) is 2. The topological polar surface area (TPSA) is 115 Å². The molecule has 3 atom stereocenters. The molecule has 9 nitrogen and oxygen atoms in total. The van der Waals surface area contributed by atoms with Gasteiger partial charge in [0.2, 0.25) is 11.2 Å². The second kappa shape index (κ2) is 8.76. The number of carbonyl (C=O) groups is 1. The first-order chi connectivity index (χ1) is 14.4. The molecule has 30 heavy (non-hydrogen) atoms. The van der Waals surface area contributed by atoms with Gasteiger partial charge >= 0.3 is 5.97 Å². The molecule has 0 spiro atoms. The zero-order valence-electron chi connectivity index (χ0n) is 16.1. The number of hydrogen-bond donors (Lipinski definition) is 2. The van der Waals surface area contributed by atoms with Crippen molar-refractivity contribution in [1.29, 1.82) is 0 Å². The number of esters is 1. The van der Waals surface area contributed by atoms with Gasteiger partial charge in [-0.25, -0.2) is 13.8 Å². The minimum absolute atomic E-state index is 0.0509. The van der Waals surface area contributed by atoms with Crippen molar-refractivity contribution in [3.8, 4) is 0 Å². The summed E-state index contributed by atoms with van der Waals surface area (Å²) in [6.45, 7) is -0.695. The van der Waals surface area contributed by atoms with E-state index in [0.29, 0.717) is 18.2 Å². The monoisotopic (exact) mass is 442 g/mol. The summed E-state index contributed by atoms with van der Waals surface area (Å²) in [5, 5.41) is 10.1. The molecule has 0 aromatic carbocycles. The highest BCUT2D eigenvalue weighted by Crippen LogP contribution is 2.41. The van der Waals surface area contributed by atoms with E-state index >= 15 is 0 Å². The normalized spacial score (nSPS) is 23.7. The van der Waals surface area contributed by atoms with Gasteiger partial charge in [-0.3, -0.25) is 9.89 Å². The van der Waals surface area contributed by atoms with Crippen LogP contribution in [-0.4, -0.2) is 57.4 Å². The molecule has 2 fully saturated rings. The number of anilines is 2. The highest BCUT2D eigenvalue weighted by molar-refractivity contribution is 6.28. The Morgan fingerprint density at radius 3 is 2.83 bits per heavy atom. The number of aromatic nitrogens is 5. The predicted molar refractivity (Wildman–Crippen MR) is 102 cm³/mol. The molecule has 2 aromatic rings. The summed E-state index contributed by atoms with van der Waals surface area (Å²) in [6.07, 6.45) is -0.343. The summed E-state index contributed by atoms with van der Waals surface area (Å²) in [5.41, 5.74) is 0.971. The molecule has 0 amide bonds. The van der Waals surface area contributed by atoms with Gasteiger partial charge in [0.1, 0.15) is 18.2 Å². The van der Waals surface area contributed by atoms with Gasteiger partial charge in [-0.1, -0.05) is 0 Å². The Bertz CT molecular complexity index is 910. The van der Waals surface area contributed by atoms with Crippen molar-refractivity contribution in [2.75, 3.05) is 19.0 Å². The number of rotatable bonds is 8. The van der Waals surface area contributed by atoms with Crippen LogP contribution >= 0.6 is 11.6 Å². The van der Waals surface area contributed by atoms with Crippen molar-refractivity contribution >= 4 is 29.3 Å². The van der Waals surface area contributed by atoms with Crippen LogP contribution in [-0.2, 0) is 14.3 Å². The fraction of sp³-hybridized carbons (Fsp3) is 0.611. The molecule has 0 saturated heterocycles. The summed E-state index contributed by atoms with van der Waals surface area (Å²) in [6, 6.07) is 1.88. The number of ether oxygens (including phenoxy) is 2. The van der Waals surface area contributed by atoms with Crippen molar-refractivity contribution in [3.63, 3.8) is 0 Å². The van der Waals surface area contributed by atoms with Crippen molar-refractivity contribution in [2.24, 2.45) is 5.92 Å². The van der Waals surface area contributed by atoms with E-state index in [1.54, 1.807) is 0 Å². The largest absolute Gasteiger partial charge is 0.469 e. The lowest BCUT2D eigenvalue weighted by atomic mass is 9.95. The Hall–Kier alpha value is -2.40. The highest BCUT2D eigenvalue weighted by Gasteiger charge is 2.43. The van der Waals surface area contributed by atoms with Gasteiger partial charge in [-0.05, 0) is 37.3 Å². The van der Waals surface area contributed by atoms with Gasteiger partial charge < -0.3 is 14.8 Å². The van der Waals surface area contributed by atoms with Gasteiger partial charge in [0.15, 0.2) is 0 Å². The Labute approximate surface area is 175 Å². The van der Waals surface area contributed by atoms with Crippen molar-refractivity contribution in [2.45, 2.75) is 50.0 Å². The number of methoxy groups -OCH3 is 1. The molecule has 162 valence electrons. The number of hydrogen-bond acceptors (Lipinski definition) is 8.